The monoisotopic (exact) mass is 372 g/mol. The topological polar surface area (TPSA) is 102 Å². The zero-order valence-corrected chi connectivity index (χ0v) is 14.5. The third kappa shape index (κ3) is 3.87. The standard InChI is InChI=1S/C19H17ClN2O4/c20-14-6-7-15-12(10-14)11-16(21-15)18(25)22-19(26,9-8-17(23)24)13-4-2-1-3-5-13/h1-7,10-11,21,26H,8-9H2,(H,22,25)(H,23,24)/t19-/m0/s1. The highest BCUT2D eigenvalue weighted by atomic mass is 35.5. The number of amides is 1. The Bertz CT molecular complexity index is 955. The van der Waals surface area contributed by atoms with Crippen molar-refractivity contribution in [2.75, 3.05) is 0 Å². The third-order valence-corrected chi connectivity index (χ3v) is 4.33. The second kappa shape index (κ2) is 7.19. The number of carbonyl (C=O) groups excluding carboxylic acids is 1. The molecule has 134 valence electrons. The summed E-state index contributed by atoms with van der Waals surface area (Å²) < 4.78 is 0. The first-order valence-electron chi connectivity index (χ1n) is 7.98. The minimum atomic E-state index is -1.80. The molecule has 0 unspecified atom stereocenters. The number of benzene rings is 2. The highest BCUT2D eigenvalue weighted by Gasteiger charge is 2.32. The number of carboxylic acids is 1. The predicted octanol–water partition coefficient (Wildman–Crippen LogP) is 3.26. The summed E-state index contributed by atoms with van der Waals surface area (Å²) in [5, 5.41) is 23.8. The Morgan fingerprint density at radius 3 is 2.54 bits per heavy atom. The van der Waals surface area contributed by atoms with Crippen LogP contribution in [0.5, 0.6) is 0 Å². The van der Waals surface area contributed by atoms with E-state index in [9.17, 15) is 14.7 Å². The van der Waals surface area contributed by atoms with Gasteiger partial charge in [-0.1, -0.05) is 41.9 Å². The van der Waals surface area contributed by atoms with Crippen LogP contribution in [-0.2, 0) is 10.5 Å². The molecular weight excluding hydrogens is 356 g/mol. The van der Waals surface area contributed by atoms with E-state index >= 15 is 0 Å². The summed E-state index contributed by atoms with van der Waals surface area (Å²) in [4.78, 5) is 26.6. The van der Waals surface area contributed by atoms with Crippen LogP contribution in [0.25, 0.3) is 10.9 Å². The molecule has 1 amide bonds. The van der Waals surface area contributed by atoms with Crippen LogP contribution in [0.1, 0.15) is 28.9 Å². The number of carbonyl (C=O) groups is 2. The molecule has 26 heavy (non-hydrogen) atoms. The number of aromatic nitrogens is 1. The number of nitrogens with one attached hydrogen (secondary N) is 2. The summed E-state index contributed by atoms with van der Waals surface area (Å²) in [6.45, 7) is 0. The van der Waals surface area contributed by atoms with Gasteiger partial charge < -0.3 is 20.5 Å². The average Bonchev–Trinajstić information content (AvgIpc) is 3.04. The van der Waals surface area contributed by atoms with Crippen molar-refractivity contribution >= 4 is 34.4 Å². The van der Waals surface area contributed by atoms with Gasteiger partial charge in [-0.15, -0.1) is 0 Å². The van der Waals surface area contributed by atoms with Gasteiger partial charge in [0.15, 0.2) is 5.72 Å². The number of H-pyrrole nitrogens is 1. The highest BCUT2D eigenvalue weighted by molar-refractivity contribution is 6.31. The van der Waals surface area contributed by atoms with Crippen molar-refractivity contribution in [1.29, 1.82) is 0 Å². The van der Waals surface area contributed by atoms with Crippen LogP contribution in [0, 0.1) is 0 Å². The van der Waals surface area contributed by atoms with Crippen LogP contribution in [0.4, 0.5) is 0 Å². The Morgan fingerprint density at radius 2 is 1.85 bits per heavy atom. The Balaban J connectivity index is 1.89. The average molecular weight is 373 g/mol. The number of rotatable bonds is 6. The number of fused-ring (bicyclic) bond motifs is 1. The van der Waals surface area contributed by atoms with Crippen LogP contribution < -0.4 is 5.32 Å². The SMILES string of the molecule is O=C(O)CC[C@@](O)(NC(=O)c1cc2cc(Cl)ccc2[nH]1)c1ccccc1. The van der Waals surface area contributed by atoms with Crippen LogP contribution in [0.3, 0.4) is 0 Å². The molecule has 0 saturated carbocycles. The van der Waals surface area contributed by atoms with Crippen LogP contribution in [-0.4, -0.2) is 27.1 Å². The number of hydrogen-bond donors (Lipinski definition) is 4. The summed E-state index contributed by atoms with van der Waals surface area (Å²) in [7, 11) is 0. The maximum Gasteiger partial charge on any atom is 0.303 e. The van der Waals surface area contributed by atoms with Gasteiger partial charge >= 0.3 is 5.97 Å². The zero-order chi connectivity index (χ0) is 18.7. The fourth-order valence-corrected chi connectivity index (χ4v) is 2.94. The lowest BCUT2D eigenvalue weighted by atomic mass is 9.97. The van der Waals surface area contributed by atoms with Crippen molar-refractivity contribution < 1.29 is 19.8 Å². The summed E-state index contributed by atoms with van der Waals surface area (Å²) in [5.74, 6) is -1.61. The van der Waals surface area contributed by atoms with E-state index in [1.807, 2.05) is 0 Å². The molecule has 7 heteroatoms. The largest absolute Gasteiger partial charge is 0.481 e. The van der Waals surface area contributed by atoms with E-state index in [-0.39, 0.29) is 18.5 Å². The van der Waals surface area contributed by atoms with Gasteiger partial charge in [0.1, 0.15) is 5.69 Å². The molecule has 2 aromatic carbocycles. The second-order valence-corrected chi connectivity index (χ2v) is 6.43. The van der Waals surface area contributed by atoms with Crippen LogP contribution in [0.2, 0.25) is 5.02 Å². The van der Waals surface area contributed by atoms with E-state index in [4.69, 9.17) is 16.7 Å². The van der Waals surface area contributed by atoms with Crippen LogP contribution >= 0.6 is 11.6 Å². The molecular formula is C19H17ClN2O4. The van der Waals surface area contributed by atoms with Crippen molar-refractivity contribution in [3.8, 4) is 0 Å². The van der Waals surface area contributed by atoms with E-state index in [1.165, 1.54) is 0 Å². The molecule has 0 aliphatic carbocycles. The molecule has 1 atom stereocenters. The van der Waals surface area contributed by atoms with E-state index in [1.54, 1.807) is 54.6 Å². The molecule has 0 bridgehead atoms. The van der Waals surface area contributed by atoms with Crippen molar-refractivity contribution in [3.05, 3.63) is 70.9 Å². The summed E-state index contributed by atoms with van der Waals surface area (Å²) >= 11 is 5.95. The van der Waals surface area contributed by atoms with Gasteiger partial charge in [-0.3, -0.25) is 9.59 Å². The Labute approximate surface area is 154 Å². The molecule has 6 nitrogen and oxygen atoms in total. The maximum absolute atomic E-state index is 12.7. The molecule has 0 saturated heterocycles. The number of aliphatic carboxylic acids is 1. The van der Waals surface area contributed by atoms with Crippen molar-refractivity contribution in [2.24, 2.45) is 0 Å². The highest BCUT2D eigenvalue weighted by Crippen LogP contribution is 2.25. The van der Waals surface area contributed by atoms with Gasteiger partial charge in [-0.25, -0.2) is 0 Å². The minimum absolute atomic E-state index is 0.163. The van der Waals surface area contributed by atoms with E-state index in [2.05, 4.69) is 10.3 Å². The van der Waals surface area contributed by atoms with Gasteiger partial charge in [-0.05, 0) is 24.3 Å². The lowest BCUT2D eigenvalue weighted by Gasteiger charge is -2.29. The van der Waals surface area contributed by atoms with Crippen molar-refractivity contribution in [1.82, 2.24) is 10.3 Å². The fourth-order valence-electron chi connectivity index (χ4n) is 2.76. The Morgan fingerprint density at radius 1 is 1.12 bits per heavy atom. The van der Waals surface area contributed by atoms with E-state index < -0.39 is 17.6 Å². The summed E-state index contributed by atoms with van der Waals surface area (Å²) in [6, 6.07) is 15.2. The quantitative estimate of drug-likeness (QED) is 0.499. The molecule has 3 rings (SSSR count). The molecule has 0 spiro atoms. The number of halogens is 1. The predicted molar refractivity (Wildman–Crippen MR) is 98.0 cm³/mol. The van der Waals surface area contributed by atoms with E-state index in [0.29, 0.717) is 10.6 Å². The molecule has 3 aromatic rings. The molecule has 4 N–H and O–H groups in total. The smallest absolute Gasteiger partial charge is 0.303 e. The number of aromatic amines is 1. The first kappa shape index (κ1) is 18.0. The second-order valence-electron chi connectivity index (χ2n) is 5.99. The summed E-state index contributed by atoms with van der Waals surface area (Å²) in [6.07, 6.45) is -0.460. The third-order valence-electron chi connectivity index (χ3n) is 4.10. The van der Waals surface area contributed by atoms with Crippen molar-refractivity contribution in [3.63, 3.8) is 0 Å². The number of hydrogen-bond acceptors (Lipinski definition) is 3. The normalized spacial score (nSPS) is 13.3. The van der Waals surface area contributed by atoms with Gasteiger partial charge in [-0.2, -0.15) is 0 Å². The molecule has 0 aliphatic rings. The first-order valence-corrected chi connectivity index (χ1v) is 8.36. The van der Waals surface area contributed by atoms with Gasteiger partial charge in [0, 0.05) is 27.9 Å². The molecule has 1 heterocycles. The Kier molecular flexibility index (Phi) is 4.97. The molecule has 0 fully saturated rings. The molecule has 1 aromatic heterocycles. The molecule has 0 aliphatic heterocycles. The maximum atomic E-state index is 12.7. The molecule has 0 radical (unpaired) electrons. The van der Waals surface area contributed by atoms with Gasteiger partial charge in [0.05, 0.1) is 6.42 Å². The minimum Gasteiger partial charge on any atom is -0.481 e. The lowest BCUT2D eigenvalue weighted by molar-refractivity contribution is -0.139. The fraction of sp³-hybridized carbons (Fsp3) is 0.158. The lowest BCUT2D eigenvalue weighted by Crippen LogP contribution is -2.46. The summed E-state index contributed by atoms with van der Waals surface area (Å²) in [5.41, 5.74) is -0.417. The zero-order valence-electron chi connectivity index (χ0n) is 13.7. The van der Waals surface area contributed by atoms with E-state index in [0.717, 1.165) is 10.9 Å². The number of carboxylic acid groups (broad SMARTS) is 1. The van der Waals surface area contributed by atoms with Crippen molar-refractivity contribution in [2.45, 2.75) is 18.6 Å². The van der Waals surface area contributed by atoms with Crippen LogP contribution in [0.15, 0.2) is 54.6 Å². The van der Waals surface area contributed by atoms with Gasteiger partial charge in [0.25, 0.3) is 5.91 Å². The number of aliphatic hydroxyl groups is 1. The first-order chi connectivity index (χ1) is 12.4. The Hall–Kier alpha value is -2.83. The van der Waals surface area contributed by atoms with Gasteiger partial charge in [0.2, 0.25) is 0 Å².